The van der Waals surface area contributed by atoms with E-state index in [1.807, 2.05) is 43.6 Å². The van der Waals surface area contributed by atoms with Crippen LogP contribution in [0.25, 0.3) is 10.2 Å². The number of benzene rings is 2. The molecule has 1 heterocycles. The Balaban J connectivity index is 1.87. The molecule has 1 aromatic heterocycles. The Morgan fingerprint density at radius 2 is 2.05 bits per heavy atom. The molecule has 20 heavy (non-hydrogen) atoms. The Morgan fingerprint density at radius 1 is 1.20 bits per heavy atom. The minimum absolute atomic E-state index is 0.0419. The molecule has 0 aliphatic carbocycles. The summed E-state index contributed by atoms with van der Waals surface area (Å²) >= 11 is 1.63. The predicted octanol–water partition coefficient (Wildman–Crippen LogP) is 4.48. The van der Waals surface area contributed by atoms with E-state index in [0.717, 1.165) is 27.0 Å². The van der Waals surface area contributed by atoms with E-state index < -0.39 is 0 Å². The standard InChI is InChI=1S/C16H16N2OS/c1-10-3-6-15(19)13(7-10)11(2)18-12-4-5-14-16(8-12)20-9-17-14/h3-9,11,18-19H,1-2H3. The van der Waals surface area contributed by atoms with E-state index in [9.17, 15) is 5.11 Å². The van der Waals surface area contributed by atoms with Gasteiger partial charge in [0, 0.05) is 11.3 Å². The summed E-state index contributed by atoms with van der Waals surface area (Å²) in [6.07, 6.45) is 0. The van der Waals surface area contributed by atoms with Crippen LogP contribution in [0.15, 0.2) is 41.9 Å². The van der Waals surface area contributed by atoms with Crippen LogP contribution in [0.3, 0.4) is 0 Å². The molecule has 0 saturated carbocycles. The zero-order valence-corrected chi connectivity index (χ0v) is 12.2. The van der Waals surface area contributed by atoms with Gasteiger partial charge in [-0.2, -0.15) is 0 Å². The van der Waals surface area contributed by atoms with Crippen molar-refractivity contribution in [2.75, 3.05) is 5.32 Å². The molecule has 102 valence electrons. The summed E-state index contributed by atoms with van der Waals surface area (Å²) in [4.78, 5) is 4.27. The highest BCUT2D eigenvalue weighted by Gasteiger charge is 2.11. The van der Waals surface area contributed by atoms with Gasteiger partial charge in [0.25, 0.3) is 0 Å². The average Bonchev–Trinajstić information content (AvgIpc) is 2.89. The highest BCUT2D eigenvalue weighted by molar-refractivity contribution is 7.16. The first-order valence-corrected chi connectivity index (χ1v) is 7.41. The van der Waals surface area contributed by atoms with Crippen LogP contribution < -0.4 is 5.32 Å². The number of nitrogens with zero attached hydrogens (tertiary/aromatic N) is 1. The summed E-state index contributed by atoms with van der Waals surface area (Å²) in [5.41, 5.74) is 5.96. The van der Waals surface area contributed by atoms with Crippen molar-refractivity contribution < 1.29 is 5.11 Å². The lowest BCUT2D eigenvalue weighted by atomic mass is 10.0. The Kier molecular flexibility index (Phi) is 3.32. The number of aryl methyl sites for hydroxylation is 1. The summed E-state index contributed by atoms with van der Waals surface area (Å²) in [6, 6.07) is 11.8. The largest absolute Gasteiger partial charge is 0.508 e. The first-order chi connectivity index (χ1) is 9.63. The number of aromatic nitrogens is 1. The zero-order valence-electron chi connectivity index (χ0n) is 11.4. The first-order valence-electron chi connectivity index (χ1n) is 6.53. The van der Waals surface area contributed by atoms with Crippen molar-refractivity contribution in [1.29, 1.82) is 0 Å². The van der Waals surface area contributed by atoms with E-state index in [1.54, 1.807) is 17.4 Å². The molecule has 0 saturated heterocycles. The molecule has 3 nitrogen and oxygen atoms in total. The topological polar surface area (TPSA) is 45.1 Å². The van der Waals surface area contributed by atoms with Crippen molar-refractivity contribution in [3.8, 4) is 5.75 Å². The lowest BCUT2D eigenvalue weighted by Gasteiger charge is -2.17. The predicted molar refractivity (Wildman–Crippen MR) is 84.5 cm³/mol. The van der Waals surface area contributed by atoms with Gasteiger partial charge in [-0.1, -0.05) is 17.7 Å². The van der Waals surface area contributed by atoms with Crippen LogP contribution in [0.2, 0.25) is 0 Å². The fourth-order valence-electron chi connectivity index (χ4n) is 2.29. The molecule has 2 aromatic carbocycles. The SMILES string of the molecule is Cc1ccc(O)c(C(C)Nc2ccc3ncsc3c2)c1. The maximum absolute atomic E-state index is 9.97. The van der Waals surface area contributed by atoms with Gasteiger partial charge in [0.1, 0.15) is 5.75 Å². The summed E-state index contributed by atoms with van der Waals surface area (Å²) in [6.45, 7) is 4.07. The molecule has 3 aromatic rings. The molecule has 0 radical (unpaired) electrons. The molecule has 0 fully saturated rings. The van der Waals surface area contributed by atoms with Crippen molar-refractivity contribution in [2.45, 2.75) is 19.9 Å². The fourth-order valence-corrected chi connectivity index (χ4v) is 3.01. The van der Waals surface area contributed by atoms with Crippen LogP contribution in [0.5, 0.6) is 5.75 Å². The van der Waals surface area contributed by atoms with Crippen molar-refractivity contribution in [1.82, 2.24) is 4.98 Å². The highest BCUT2D eigenvalue weighted by atomic mass is 32.1. The molecule has 0 spiro atoms. The number of nitrogens with one attached hydrogen (secondary N) is 1. The maximum Gasteiger partial charge on any atom is 0.120 e. The number of aromatic hydroxyl groups is 1. The van der Waals surface area contributed by atoms with Gasteiger partial charge in [0.15, 0.2) is 0 Å². The van der Waals surface area contributed by atoms with Crippen LogP contribution in [0, 0.1) is 6.92 Å². The van der Waals surface area contributed by atoms with Gasteiger partial charge < -0.3 is 10.4 Å². The quantitative estimate of drug-likeness (QED) is 0.745. The Bertz CT molecular complexity index is 751. The van der Waals surface area contributed by atoms with Gasteiger partial charge in [-0.25, -0.2) is 4.98 Å². The minimum Gasteiger partial charge on any atom is -0.508 e. The van der Waals surface area contributed by atoms with E-state index in [2.05, 4.69) is 16.4 Å². The number of hydrogen-bond acceptors (Lipinski definition) is 4. The van der Waals surface area contributed by atoms with Gasteiger partial charge in [0.2, 0.25) is 0 Å². The Morgan fingerprint density at radius 3 is 2.90 bits per heavy atom. The smallest absolute Gasteiger partial charge is 0.120 e. The van der Waals surface area contributed by atoms with E-state index in [-0.39, 0.29) is 6.04 Å². The zero-order chi connectivity index (χ0) is 14.1. The van der Waals surface area contributed by atoms with Gasteiger partial charge in [0.05, 0.1) is 21.8 Å². The third kappa shape index (κ3) is 2.47. The number of hydrogen-bond donors (Lipinski definition) is 2. The molecule has 0 bridgehead atoms. The number of phenolic OH excluding ortho intramolecular Hbond substituents is 1. The monoisotopic (exact) mass is 284 g/mol. The van der Waals surface area contributed by atoms with Crippen LogP contribution in [-0.4, -0.2) is 10.1 Å². The first kappa shape index (κ1) is 12.9. The Hall–Kier alpha value is -2.07. The second-order valence-electron chi connectivity index (χ2n) is 4.96. The third-order valence-corrected chi connectivity index (χ3v) is 4.16. The number of thiazole rings is 1. The molecule has 3 rings (SSSR count). The van der Waals surface area contributed by atoms with Crippen LogP contribution in [0.4, 0.5) is 5.69 Å². The minimum atomic E-state index is 0.0419. The molecule has 0 amide bonds. The van der Waals surface area contributed by atoms with Crippen LogP contribution in [-0.2, 0) is 0 Å². The van der Waals surface area contributed by atoms with Gasteiger partial charge >= 0.3 is 0 Å². The highest BCUT2D eigenvalue weighted by Crippen LogP contribution is 2.29. The summed E-state index contributed by atoms with van der Waals surface area (Å²) in [5, 5.41) is 13.4. The molecule has 1 unspecified atom stereocenters. The third-order valence-electron chi connectivity index (χ3n) is 3.36. The second-order valence-corrected chi connectivity index (χ2v) is 5.85. The van der Waals surface area contributed by atoms with Crippen molar-refractivity contribution in [3.05, 3.63) is 53.0 Å². The normalized spacial score (nSPS) is 12.5. The van der Waals surface area contributed by atoms with E-state index >= 15 is 0 Å². The van der Waals surface area contributed by atoms with Gasteiger partial charge in [-0.3, -0.25) is 0 Å². The summed E-state index contributed by atoms with van der Waals surface area (Å²) < 4.78 is 1.16. The van der Waals surface area contributed by atoms with Crippen LogP contribution in [0.1, 0.15) is 24.1 Å². The maximum atomic E-state index is 9.97. The molecule has 0 aliphatic rings. The van der Waals surface area contributed by atoms with Crippen molar-refractivity contribution in [3.63, 3.8) is 0 Å². The average molecular weight is 284 g/mol. The number of fused-ring (bicyclic) bond motifs is 1. The number of anilines is 1. The number of rotatable bonds is 3. The van der Waals surface area contributed by atoms with E-state index in [0.29, 0.717) is 5.75 Å². The van der Waals surface area contributed by atoms with Crippen molar-refractivity contribution >= 4 is 27.2 Å². The second kappa shape index (κ2) is 5.13. The molecule has 4 heteroatoms. The van der Waals surface area contributed by atoms with Crippen LogP contribution >= 0.6 is 11.3 Å². The summed E-state index contributed by atoms with van der Waals surface area (Å²) in [5.74, 6) is 0.328. The molecular formula is C16H16N2OS. The molecule has 1 atom stereocenters. The van der Waals surface area contributed by atoms with Gasteiger partial charge in [-0.15, -0.1) is 11.3 Å². The fraction of sp³-hybridized carbons (Fsp3) is 0.188. The summed E-state index contributed by atoms with van der Waals surface area (Å²) in [7, 11) is 0. The van der Waals surface area contributed by atoms with E-state index in [4.69, 9.17) is 0 Å². The number of phenols is 1. The molecular weight excluding hydrogens is 268 g/mol. The molecule has 0 aliphatic heterocycles. The molecule has 2 N–H and O–H groups in total. The van der Waals surface area contributed by atoms with Crippen molar-refractivity contribution in [2.24, 2.45) is 0 Å². The lowest BCUT2D eigenvalue weighted by molar-refractivity contribution is 0.465. The lowest BCUT2D eigenvalue weighted by Crippen LogP contribution is -2.07. The van der Waals surface area contributed by atoms with E-state index in [1.165, 1.54) is 0 Å². The Labute approximate surface area is 121 Å². The van der Waals surface area contributed by atoms with Gasteiger partial charge in [-0.05, 0) is 38.1 Å².